The number of hydrogen-bond acceptors (Lipinski definition) is 5. The van der Waals surface area contributed by atoms with Gasteiger partial charge in [-0.05, 0) is 31.2 Å². The van der Waals surface area contributed by atoms with Crippen LogP contribution in [0.2, 0.25) is 0 Å². The number of phenols is 2. The molecule has 3 N–H and O–H groups in total. The number of phenolic OH excluding ortho intramolecular Hbond substituents is 2. The van der Waals surface area contributed by atoms with E-state index in [0.29, 0.717) is 11.3 Å². The summed E-state index contributed by atoms with van der Waals surface area (Å²) in [7, 11) is 0. The molecule has 0 saturated heterocycles. The Hall–Kier alpha value is -2.89. The molecule has 0 fully saturated rings. The number of carbonyl (C=O) groups is 1. The van der Waals surface area contributed by atoms with Crippen molar-refractivity contribution in [2.75, 3.05) is 0 Å². The number of hydrogen-bond donors (Lipinski definition) is 3. The summed E-state index contributed by atoms with van der Waals surface area (Å²) in [5.41, 5.74) is 3.24. The molecule has 0 spiro atoms. The van der Waals surface area contributed by atoms with Crippen LogP contribution in [0, 0.1) is 0 Å². The highest BCUT2D eigenvalue weighted by Gasteiger charge is 2.11. The van der Waals surface area contributed by atoms with Gasteiger partial charge in [-0.1, -0.05) is 6.07 Å². The average molecular weight is 271 g/mol. The molecule has 102 valence electrons. The van der Waals surface area contributed by atoms with Gasteiger partial charge < -0.3 is 10.2 Å². The fraction of sp³-hybridized carbons (Fsp3) is 0.0714. The molecule has 0 aliphatic carbocycles. The lowest BCUT2D eigenvalue weighted by molar-refractivity contribution is 0.0954. The molecule has 1 amide bonds. The number of nitrogens with one attached hydrogen (secondary N) is 1. The maximum atomic E-state index is 11.8. The van der Waals surface area contributed by atoms with Crippen LogP contribution in [0.5, 0.6) is 11.5 Å². The molecule has 0 unspecified atom stereocenters. The van der Waals surface area contributed by atoms with Gasteiger partial charge in [0.2, 0.25) is 0 Å². The van der Waals surface area contributed by atoms with Crippen molar-refractivity contribution in [3.05, 3.63) is 53.9 Å². The van der Waals surface area contributed by atoms with Crippen LogP contribution >= 0.6 is 0 Å². The van der Waals surface area contributed by atoms with Crippen molar-refractivity contribution >= 4 is 11.6 Å². The van der Waals surface area contributed by atoms with Gasteiger partial charge in [-0.2, -0.15) is 5.10 Å². The Morgan fingerprint density at radius 3 is 2.35 bits per heavy atom. The number of aromatic hydroxyl groups is 2. The number of hydrazone groups is 1. The minimum absolute atomic E-state index is 0.107. The zero-order valence-electron chi connectivity index (χ0n) is 10.7. The first-order chi connectivity index (χ1) is 9.59. The van der Waals surface area contributed by atoms with E-state index >= 15 is 0 Å². The van der Waals surface area contributed by atoms with Gasteiger partial charge in [0.05, 0.1) is 11.3 Å². The third-order valence-electron chi connectivity index (χ3n) is 2.65. The molecule has 20 heavy (non-hydrogen) atoms. The first-order valence-electron chi connectivity index (χ1n) is 5.85. The molecule has 1 heterocycles. The Morgan fingerprint density at radius 2 is 1.75 bits per heavy atom. The first kappa shape index (κ1) is 13.5. The van der Waals surface area contributed by atoms with Crippen molar-refractivity contribution in [1.82, 2.24) is 10.4 Å². The van der Waals surface area contributed by atoms with Crippen molar-refractivity contribution in [2.24, 2.45) is 5.10 Å². The van der Waals surface area contributed by atoms with Gasteiger partial charge in [-0.15, -0.1) is 0 Å². The summed E-state index contributed by atoms with van der Waals surface area (Å²) in [6.45, 7) is 1.57. The molecule has 2 rings (SSSR count). The van der Waals surface area contributed by atoms with Crippen molar-refractivity contribution in [3.8, 4) is 11.5 Å². The second kappa shape index (κ2) is 5.83. The molecule has 0 aliphatic rings. The molecular weight excluding hydrogens is 258 g/mol. The molecule has 0 saturated carbocycles. The quantitative estimate of drug-likeness (QED) is 0.584. The fourth-order valence-electron chi connectivity index (χ4n) is 1.66. The molecule has 0 aliphatic heterocycles. The summed E-state index contributed by atoms with van der Waals surface area (Å²) in [5, 5.41) is 23.2. The smallest absolute Gasteiger partial charge is 0.271 e. The van der Waals surface area contributed by atoms with E-state index in [4.69, 9.17) is 0 Å². The molecular formula is C14H13N3O3. The third kappa shape index (κ3) is 2.92. The molecule has 1 aromatic carbocycles. The summed E-state index contributed by atoms with van der Waals surface area (Å²) >= 11 is 0. The number of benzene rings is 1. The van der Waals surface area contributed by atoms with Gasteiger partial charge in [-0.25, -0.2) is 5.43 Å². The largest absolute Gasteiger partial charge is 0.507 e. The van der Waals surface area contributed by atoms with E-state index in [1.807, 2.05) is 0 Å². The summed E-state index contributed by atoms with van der Waals surface area (Å²) in [4.78, 5) is 15.6. The van der Waals surface area contributed by atoms with Gasteiger partial charge in [0.1, 0.15) is 11.5 Å². The second-order valence-electron chi connectivity index (χ2n) is 4.05. The van der Waals surface area contributed by atoms with Crippen LogP contribution in [0.15, 0.2) is 47.8 Å². The van der Waals surface area contributed by atoms with E-state index in [1.165, 1.54) is 30.6 Å². The number of nitrogens with zero attached hydrogens (tertiary/aromatic N) is 2. The molecule has 0 bridgehead atoms. The van der Waals surface area contributed by atoms with E-state index < -0.39 is 5.91 Å². The standard InChI is InChI=1S/C14H13N3O3/c1-9(13-11(18)3-2-4-12(13)19)16-17-14(20)10-5-7-15-8-6-10/h2-8,18-19H,1H3,(H,17,20)/b16-9+. The molecule has 2 aromatic rings. The van der Waals surface area contributed by atoms with Crippen LogP contribution in [0.25, 0.3) is 0 Å². The van der Waals surface area contributed by atoms with E-state index in [0.717, 1.165) is 0 Å². The van der Waals surface area contributed by atoms with Crippen LogP contribution < -0.4 is 5.43 Å². The lowest BCUT2D eigenvalue weighted by Crippen LogP contribution is -2.19. The first-order valence-corrected chi connectivity index (χ1v) is 5.85. The monoisotopic (exact) mass is 271 g/mol. The maximum Gasteiger partial charge on any atom is 0.271 e. The molecule has 1 aromatic heterocycles. The zero-order valence-corrected chi connectivity index (χ0v) is 10.7. The molecule has 6 heteroatoms. The minimum atomic E-state index is -0.401. The normalized spacial score (nSPS) is 11.2. The van der Waals surface area contributed by atoms with Gasteiger partial charge in [-0.3, -0.25) is 9.78 Å². The van der Waals surface area contributed by atoms with Crippen LogP contribution in [-0.4, -0.2) is 26.8 Å². The average Bonchev–Trinajstić information content (AvgIpc) is 2.45. The summed E-state index contributed by atoms with van der Waals surface area (Å²) < 4.78 is 0. The zero-order chi connectivity index (χ0) is 14.5. The van der Waals surface area contributed by atoms with Crippen LogP contribution in [0.3, 0.4) is 0 Å². The summed E-state index contributed by atoms with van der Waals surface area (Å²) in [6, 6.07) is 7.48. The number of pyridine rings is 1. The van der Waals surface area contributed by atoms with Gasteiger partial charge >= 0.3 is 0 Å². The van der Waals surface area contributed by atoms with Crippen molar-refractivity contribution in [2.45, 2.75) is 6.92 Å². The van der Waals surface area contributed by atoms with E-state index in [-0.39, 0.29) is 17.1 Å². The number of amides is 1. The highest BCUT2D eigenvalue weighted by atomic mass is 16.3. The molecule has 0 radical (unpaired) electrons. The topological polar surface area (TPSA) is 94.8 Å². The molecule has 6 nitrogen and oxygen atoms in total. The number of rotatable bonds is 3. The Balaban J connectivity index is 2.18. The van der Waals surface area contributed by atoms with Crippen LogP contribution in [0.1, 0.15) is 22.8 Å². The van der Waals surface area contributed by atoms with Gasteiger partial charge in [0.25, 0.3) is 5.91 Å². The number of carbonyl (C=O) groups excluding carboxylic acids is 1. The highest BCUT2D eigenvalue weighted by molar-refractivity contribution is 6.04. The predicted molar refractivity (Wildman–Crippen MR) is 73.7 cm³/mol. The van der Waals surface area contributed by atoms with E-state index in [9.17, 15) is 15.0 Å². The minimum Gasteiger partial charge on any atom is -0.507 e. The summed E-state index contributed by atoms with van der Waals surface area (Å²) in [6.07, 6.45) is 3.00. The van der Waals surface area contributed by atoms with Crippen molar-refractivity contribution in [3.63, 3.8) is 0 Å². The Bertz CT molecular complexity index is 634. The van der Waals surface area contributed by atoms with Gasteiger partial charge in [0.15, 0.2) is 0 Å². The van der Waals surface area contributed by atoms with Crippen molar-refractivity contribution < 1.29 is 15.0 Å². The van der Waals surface area contributed by atoms with E-state index in [2.05, 4.69) is 15.5 Å². The maximum absolute atomic E-state index is 11.8. The van der Waals surface area contributed by atoms with Crippen LogP contribution in [-0.2, 0) is 0 Å². The Labute approximate surface area is 115 Å². The van der Waals surface area contributed by atoms with Crippen LogP contribution in [0.4, 0.5) is 0 Å². The van der Waals surface area contributed by atoms with Gasteiger partial charge in [0, 0.05) is 18.0 Å². The predicted octanol–water partition coefficient (Wildman–Crippen LogP) is 1.65. The fourth-order valence-corrected chi connectivity index (χ4v) is 1.66. The van der Waals surface area contributed by atoms with E-state index in [1.54, 1.807) is 19.1 Å². The Morgan fingerprint density at radius 1 is 1.15 bits per heavy atom. The molecule has 0 atom stereocenters. The third-order valence-corrected chi connectivity index (χ3v) is 2.65. The lowest BCUT2D eigenvalue weighted by Gasteiger charge is -2.07. The van der Waals surface area contributed by atoms with Crippen molar-refractivity contribution in [1.29, 1.82) is 0 Å². The SMILES string of the molecule is C/C(=N\NC(=O)c1ccncc1)c1c(O)cccc1O. The summed E-state index contributed by atoms with van der Waals surface area (Å²) in [5.74, 6) is -0.615. The Kier molecular flexibility index (Phi) is 3.95. The second-order valence-corrected chi connectivity index (χ2v) is 4.05. The lowest BCUT2D eigenvalue weighted by atomic mass is 10.1. The number of aromatic nitrogens is 1. The highest BCUT2D eigenvalue weighted by Crippen LogP contribution is 2.26.